The Morgan fingerprint density at radius 3 is 2.68 bits per heavy atom. The molecule has 2 N–H and O–H groups in total. The van der Waals surface area contributed by atoms with Crippen molar-refractivity contribution in [3.05, 3.63) is 29.8 Å². The summed E-state index contributed by atoms with van der Waals surface area (Å²) in [6, 6.07) is 7.84. The minimum atomic E-state index is -0.181. The van der Waals surface area contributed by atoms with Gasteiger partial charge < -0.3 is 20.1 Å². The number of urea groups is 1. The van der Waals surface area contributed by atoms with Crippen molar-refractivity contribution in [3.8, 4) is 0 Å². The summed E-state index contributed by atoms with van der Waals surface area (Å²) in [5.74, 6) is 0. The van der Waals surface area contributed by atoms with Crippen LogP contribution in [0.2, 0.25) is 0 Å². The van der Waals surface area contributed by atoms with E-state index < -0.39 is 0 Å². The smallest absolute Gasteiger partial charge is 0.319 e. The standard InChI is InChI=1S/C19H31N3O3/c1-14(9-10-24-4)20-19(23)21-18-8-6-5-7-17(18)13-22-11-15(2)25-16(3)12-22/h5-8,14-16H,9-13H2,1-4H3,(H2,20,21,23)/t14-,15+,16+/m0/s1. The molecule has 0 aromatic heterocycles. The van der Waals surface area contributed by atoms with E-state index in [1.165, 1.54) is 0 Å². The van der Waals surface area contributed by atoms with E-state index in [9.17, 15) is 4.79 Å². The largest absolute Gasteiger partial charge is 0.385 e. The van der Waals surface area contributed by atoms with Crippen LogP contribution < -0.4 is 10.6 Å². The molecule has 1 aromatic carbocycles. The molecule has 1 aliphatic rings. The lowest BCUT2D eigenvalue weighted by molar-refractivity contribution is -0.0704. The Morgan fingerprint density at radius 1 is 1.32 bits per heavy atom. The maximum Gasteiger partial charge on any atom is 0.319 e. The first-order valence-electron chi connectivity index (χ1n) is 9.00. The molecule has 2 rings (SSSR count). The van der Waals surface area contributed by atoms with Gasteiger partial charge in [-0.1, -0.05) is 18.2 Å². The number of anilines is 1. The van der Waals surface area contributed by atoms with Gasteiger partial charge >= 0.3 is 6.03 Å². The highest BCUT2D eigenvalue weighted by atomic mass is 16.5. The number of methoxy groups -OCH3 is 1. The van der Waals surface area contributed by atoms with Gasteiger partial charge in [0.1, 0.15) is 0 Å². The number of carbonyl (C=O) groups is 1. The number of nitrogens with one attached hydrogen (secondary N) is 2. The van der Waals surface area contributed by atoms with E-state index in [4.69, 9.17) is 9.47 Å². The number of benzene rings is 1. The molecule has 0 bridgehead atoms. The molecule has 1 aromatic rings. The van der Waals surface area contributed by atoms with Crippen LogP contribution in [-0.4, -0.2) is 56.0 Å². The Morgan fingerprint density at radius 2 is 2.00 bits per heavy atom. The predicted molar refractivity (Wildman–Crippen MR) is 99.8 cm³/mol. The summed E-state index contributed by atoms with van der Waals surface area (Å²) in [5.41, 5.74) is 1.97. The monoisotopic (exact) mass is 349 g/mol. The number of carbonyl (C=O) groups excluding carboxylic acids is 1. The molecule has 0 unspecified atom stereocenters. The van der Waals surface area contributed by atoms with Crippen molar-refractivity contribution in [2.24, 2.45) is 0 Å². The fourth-order valence-electron chi connectivity index (χ4n) is 3.18. The lowest BCUT2D eigenvalue weighted by atomic mass is 10.1. The highest BCUT2D eigenvalue weighted by Gasteiger charge is 2.22. The third-order valence-electron chi connectivity index (χ3n) is 4.29. The van der Waals surface area contributed by atoms with E-state index in [-0.39, 0.29) is 24.3 Å². The zero-order chi connectivity index (χ0) is 18.2. The van der Waals surface area contributed by atoms with E-state index in [1.54, 1.807) is 7.11 Å². The minimum absolute atomic E-state index is 0.0630. The van der Waals surface area contributed by atoms with Crippen LogP contribution in [-0.2, 0) is 16.0 Å². The van der Waals surface area contributed by atoms with Gasteiger partial charge in [0.2, 0.25) is 0 Å². The first-order chi connectivity index (χ1) is 12.0. The van der Waals surface area contributed by atoms with Gasteiger partial charge in [0, 0.05) is 45.1 Å². The summed E-state index contributed by atoms with van der Waals surface area (Å²) >= 11 is 0. The van der Waals surface area contributed by atoms with Gasteiger partial charge in [-0.15, -0.1) is 0 Å². The van der Waals surface area contributed by atoms with Crippen molar-refractivity contribution in [2.45, 2.75) is 52.0 Å². The zero-order valence-electron chi connectivity index (χ0n) is 15.7. The van der Waals surface area contributed by atoms with Crippen LogP contribution >= 0.6 is 0 Å². The van der Waals surface area contributed by atoms with Gasteiger partial charge in [0.25, 0.3) is 0 Å². The first kappa shape index (κ1) is 19.7. The van der Waals surface area contributed by atoms with E-state index >= 15 is 0 Å². The second kappa shape index (κ2) is 9.75. The van der Waals surface area contributed by atoms with Crippen LogP contribution in [0.1, 0.15) is 32.8 Å². The number of ether oxygens (including phenoxy) is 2. The first-order valence-corrected chi connectivity index (χ1v) is 9.00. The van der Waals surface area contributed by atoms with Gasteiger partial charge in [-0.3, -0.25) is 4.90 Å². The molecule has 1 aliphatic heterocycles. The van der Waals surface area contributed by atoms with Crippen molar-refractivity contribution in [3.63, 3.8) is 0 Å². The van der Waals surface area contributed by atoms with Crippen molar-refractivity contribution in [1.82, 2.24) is 10.2 Å². The SMILES string of the molecule is COCC[C@H](C)NC(=O)Nc1ccccc1CN1C[C@@H](C)O[C@H](C)C1. The Bertz CT molecular complexity index is 542. The number of morpholine rings is 1. The van der Waals surface area contributed by atoms with E-state index in [1.807, 2.05) is 25.1 Å². The molecule has 6 heteroatoms. The topological polar surface area (TPSA) is 62.8 Å². The predicted octanol–water partition coefficient (Wildman–Crippen LogP) is 2.84. The van der Waals surface area contributed by atoms with E-state index in [0.29, 0.717) is 6.61 Å². The van der Waals surface area contributed by atoms with Crippen molar-refractivity contribution < 1.29 is 14.3 Å². The summed E-state index contributed by atoms with van der Waals surface area (Å²) in [7, 11) is 1.66. The summed E-state index contributed by atoms with van der Waals surface area (Å²) in [5, 5.41) is 5.93. The maximum atomic E-state index is 12.2. The number of hydrogen-bond donors (Lipinski definition) is 2. The molecule has 1 heterocycles. The van der Waals surface area contributed by atoms with Gasteiger partial charge in [-0.05, 0) is 38.8 Å². The quantitative estimate of drug-likeness (QED) is 0.795. The molecular formula is C19H31N3O3. The number of para-hydroxylation sites is 1. The fourth-order valence-corrected chi connectivity index (χ4v) is 3.18. The Hall–Kier alpha value is -1.63. The summed E-state index contributed by atoms with van der Waals surface area (Å²) < 4.78 is 10.8. The van der Waals surface area contributed by atoms with Crippen molar-refractivity contribution in [2.75, 3.05) is 32.1 Å². The maximum absolute atomic E-state index is 12.2. The van der Waals surface area contributed by atoms with Crippen LogP contribution in [0.25, 0.3) is 0 Å². The van der Waals surface area contributed by atoms with Crippen LogP contribution in [0.3, 0.4) is 0 Å². The molecule has 1 saturated heterocycles. The molecule has 1 fully saturated rings. The summed E-state index contributed by atoms with van der Waals surface area (Å²) in [4.78, 5) is 14.6. The zero-order valence-corrected chi connectivity index (χ0v) is 15.7. The molecule has 2 amide bonds. The Kier molecular flexibility index (Phi) is 7.68. The Balaban J connectivity index is 1.94. The van der Waals surface area contributed by atoms with E-state index in [0.717, 1.165) is 37.3 Å². The number of amides is 2. The molecule has 0 aliphatic carbocycles. The van der Waals surface area contributed by atoms with Crippen LogP contribution in [0.4, 0.5) is 10.5 Å². The number of rotatable bonds is 7. The highest BCUT2D eigenvalue weighted by Crippen LogP contribution is 2.20. The average Bonchev–Trinajstić information content (AvgIpc) is 2.53. The van der Waals surface area contributed by atoms with Crippen molar-refractivity contribution in [1.29, 1.82) is 0 Å². The van der Waals surface area contributed by atoms with Crippen LogP contribution in [0.15, 0.2) is 24.3 Å². The number of hydrogen-bond acceptors (Lipinski definition) is 4. The van der Waals surface area contributed by atoms with Gasteiger partial charge in [-0.2, -0.15) is 0 Å². The van der Waals surface area contributed by atoms with Gasteiger partial charge in [-0.25, -0.2) is 4.79 Å². The third kappa shape index (κ3) is 6.65. The molecule has 0 saturated carbocycles. The lowest BCUT2D eigenvalue weighted by Gasteiger charge is -2.35. The van der Waals surface area contributed by atoms with Crippen molar-refractivity contribution >= 4 is 11.7 Å². The fraction of sp³-hybridized carbons (Fsp3) is 0.632. The van der Waals surface area contributed by atoms with Gasteiger partial charge in [0.15, 0.2) is 0 Å². The van der Waals surface area contributed by atoms with E-state index in [2.05, 4.69) is 35.4 Å². The molecule has 0 spiro atoms. The summed E-state index contributed by atoms with van der Waals surface area (Å²) in [6.07, 6.45) is 1.25. The molecule has 6 nitrogen and oxygen atoms in total. The summed E-state index contributed by atoms with van der Waals surface area (Å²) in [6.45, 7) is 9.40. The molecule has 0 radical (unpaired) electrons. The molecular weight excluding hydrogens is 318 g/mol. The molecule has 3 atom stereocenters. The minimum Gasteiger partial charge on any atom is -0.385 e. The number of nitrogens with zero attached hydrogens (tertiary/aromatic N) is 1. The van der Waals surface area contributed by atoms with Crippen LogP contribution in [0.5, 0.6) is 0 Å². The molecule has 25 heavy (non-hydrogen) atoms. The van der Waals surface area contributed by atoms with Gasteiger partial charge in [0.05, 0.1) is 12.2 Å². The van der Waals surface area contributed by atoms with Crippen LogP contribution in [0, 0.1) is 0 Å². The normalized spacial score (nSPS) is 22.4. The highest BCUT2D eigenvalue weighted by molar-refractivity contribution is 5.90. The Labute approximate surface area is 150 Å². The average molecular weight is 349 g/mol. The second-order valence-electron chi connectivity index (χ2n) is 6.89. The molecule has 140 valence electrons. The third-order valence-corrected chi connectivity index (χ3v) is 4.29. The lowest BCUT2D eigenvalue weighted by Crippen LogP contribution is -2.45. The second-order valence-corrected chi connectivity index (χ2v) is 6.89.